The van der Waals surface area contributed by atoms with E-state index in [2.05, 4.69) is 17.1 Å². The van der Waals surface area contributed by atoms with E-state index in [1.165, 1.54) is 6.42 Å². The zero-order valence-electron chi connectivity index (χ0n) is 16.2. The standard InChI is InChI=1S/C25H22N2O2/c28-24-23-10-7-18(15-19(23)11-12-26-24)21-6-4-5-17-16-20(8-9-22(17)21)25(29)27-13-2-1-3-14-27/h4-12,15-16H,1-3,13-14H2,(H,26,28). The molecule has 4 nitrogen and oxygen atoms in total. The second-order valence-electron chi connectivity index (χ2n) is 7.70. The topological polar surface area (TPSA) is 53.2 Å². The number of amides is 1. The van der Waals surface area contributed by atoms with E-state index >= 15 is 0 Å². The molecule has 1 fully saturated rings. The number of piperidine rings is 1. The van der Waals surface area contributed by atoms with E-state index < -0.39 is 0 Å². The molecule has 1 aromatic heterocycles. The number of H-pyrrole nitrogens is 1. The van der Waals surface area contributed by atoms with Crippen molar-refractivity contribution in [1.82, 2.24) is 9.88 Å². The molecule has 1 aliphatic heterocycles. The number of carbonyl (C=O) groups excluding carboxylic acids is 1. The first-order valence-electron chi connectivity index (χ1n) is 10.1. The molecule has 29 heavy (non-hydrogen) atoms. The van der Waals surface area contributed by atoms with Gasteiger partial charge in [-0.3, -0.25) is 9.59 Å². The van der Waals surface area contributed by atoms with Crippen LogP contribution in [0.25, 0.3) is 32.7 Å². The van der Waals surface area contributed by atoms with E-state index in [4.69, 9.17) is 0 Å². The third-order valence-electron chi connectivity index (χ3n) is 5.86. The normalized spacial score (nSPS) is 14.4. The van der Waals surface area contributed by atoms with E-state index in [-0.39, 0.29) is 11.5 Å². The summed E-state index contributed by atoms with van der Waals surface area (Å²) in [5.74, 6) is 0.127. The number of hydrogen-bond acceptors (Lipinski definition) is 2. The maximum Gasteiger partial charge on any atom is 0.255 e. The van der Waals surface area contributed by atoms with Crippen molar-refractivity contribution in [2.45, 2.75) is 19.3 Å². The lowest BCUT2D eigenvalue weighted by atomic mass is 9.95. The predicted octanol–water partition coefficient (Wildman–Crippen LogP) is 4.97. The van der Waals surface area contributed by atoms with Crippen LogP contribution < -0.4 is 5.56 Å². The highest BCUT2D eigenvalue weighted by Crippen LogP contribution is 2.31. The molecule has 5 rings (SSSR count). The van der Waals surface area contributed by atoms with Crippen LogP contribution in [0.4, 0.5) is 0 Å². The summed E-state index contributed by atoms with van der Waals surface area (Å²) in [4.78, 5) is 29.5. The van der Waals surface area contributed by atoms with Crippen molar-refractivity contribution in [2.75, 3.05) is 13.1 Å². The average Bonchev–Trinajstić information content (AvgIpc) is 2.78. The van der Waals surface area contributed by atoms with Gasteiger partial charge in [0.2, 0.25) is 0 Å². The molecular weight excluding hydrogens is 360 g/mol. The lowest BCUT2D eigenvalue weighted by Crippen LogP contribution is -2.35. The van der Waals surface area contributed by atoms with Crippen molar-refractivity contribution >= 4 is 27.5 Å². The summed E-state index contributed by atoms with van der Waals surface area (Å²) in [6.45, 7) is 1.71. The van der Waals surface area contributed by atoms with Crippen LogP contribution in [0.5, 0.6) is 0 Å². The minimum Gasteiger partial charge on any atom is -0.339 e. The molecule has 1 N–H and O–H groups in total. The monoisotopic (exact) mass is 382 g/mol. The number of nitrogens with zero attached hydrogens (tertiary/aromatic N) is 1. The fraction of sp³-hybridized carbons (Fsp3) is 0.200. The highest BCUT2D eigenvalue weighted by atomic mass is 16.2. The second-order valence-corrected chi connectivity index (χ2v) is 7.70. The zero-order chi connectivity index (χ0) is 19.8. The number of rotatable bonds is 2. The Morgan fingerprint density at radius 1 is 0.828 bits per heavy atom. The first-order valence-corrected chi connectivity index (χ1v) is 10.1. The van der Waals surface area contributed by atoms with Gasteiger partial charge >= 0.3 is 0 Å². The minimum atomic E-state index is -0.0761. The maximum absolute atomic E-state index is 12.9. The Morgan fingerprint density at radius 2 is 1.62 bits per heavy atom. The fourth-order valence-electron chi connectivity index (χ4n) is 4.31. The summed E-state index contributed by atoms with van der Waals surface area (Å²) < 4.78 is 0. The summed E-state index contributed by atoms with van der Waals surface area (Å²) in [6, 6.07) is 20.0. The van der Waals surface area contributed by atoms with Crippen molar-refractivity contribution in [3.63, 3.8) is 0 Å². The molecule has 4 aromatic rings. The number of likely N-dealkylation sites (tertiary alicyclic amines) is 1. The number of aromatic amines is 1. The third kappa shape index (κ3) is 3.21. The molecule has 3 aromatic carbocycles. The Labute approximate surface area is 168 Å². The largest absolute Gasteiger partial charge is 0.339 e. The molecule has 0 atom stereocenters. The summed E-state index contributed by atoms with van der Waals surface area (Å²) in [5.41, 5.74) is 2.83. The average molecular weight is 382 g/mol. The van der Waals surface area contributed by atoms with Crippen LogP contribution in [0.2, 0.25) is 0 Å². The van der Waals surface area contributed by atoms with E-state index in [0.717, 1.165) is 58.8 Å². The van der Waals surface area contributed by atoms with Gasteiger partial charge in [-0.15, -0.1) is 0 Å². The first-order chi connectivity index (χ1) is 14.2. The quantitative estimate of drug-likeness (QED) is 0.532. The number of pyridine rings is 1. The van der Waals surface area contributed by atoms with Gasteiger partial charge in [-0.25, -0.2) is 0 Å². The van der Waals surface area contributed by atoms with Gasteiger partial charge in [-0.2, -0.15) is 0 Å². The van der Waals surface area contributed by atoms with Gasteiger partial charge in [-0.05, 0) is 76.9 Å². The van der Waals surface area contributed by atoms with E-state index in [0.29, 0.717) is 5.39 Å². The van der Waals surface area contributed by atoms with Crippen LogP contribution in [0.3, 0.4) is 0 Å². The highest BCUT2D eigenvalue weighted by Gasteiger charge is 2.18. The number of benzene rings is 3. The van der Waals surface area contributed by atoms with Gasteiger partial charge in [0.05, 0.1) is 0 Å². The fourth-order valence-corrected chi connectivity index (χ4v) is 4.31. The molecule has 2 heterocycles. The van der Waals surface area contributed by atoms with Crippen LogP contribution in [-0.4, -0.2) is 28.9 Å². The zero-order valence-corrected chi connectivity index (χ0v) is 16.2. The lowest BCUT2D eigenvalue weighted by molar-refractivity contribution is 0.0724. The van der Waals surface area contributed by atoms with Gasteiger partial charge in [0.15, 0.2) is 0 Å². The minimum absolute atomic E-state index is 0.0761. The summed E-state index contributed by atoms with van der Waals surface area (Å²) in [6.07, 6.45) is 5.07. The summed E-state index contributed by atoms with van der Waals surface area (Å²) in [7, 11) is 0. The lowest BCUT2D eigenvalue weighted by Gasteiger charge is -2.26. The highest BCUT2D eigenvalue weighted by molar-refractivity contribution is 6.03. The van der Waals surface area contributed by atoms with Gasteiger partial charge < -0.3 is 9.88 Å². The second kappa shape index (κ2) is 7.21. The molecule has 0 radical (unpaired) electrons. The smallest absolute Gasteiger partial charge is 0.255 e. The maximum atomic E-state index is 12.9. The van der Waals surface area contributed by atoms with Crippen molar-refractivity contribution in [1.29, 1.82) is 0 Å². The van der Waals surface area contributed by atoms with Gasteiger partial charge in [-0.1, -0.05) is 30.3 Å². The van der Waals surface area contributed by atoms with E-state index in [9.17, 15) is 9.59 Å². The Morgan fingerprint density at radius 3 is 2.48 bits per heavy atom. The van der Waals surface area contributed by atoms with E-state index in [1.807, 2.05) is 53.4 Å². The molecule has 1 saturated heterocycles. The molecule has 0 saturated carbocycles. The molecule has 1 aliphatic rings. The van der Waals surface area contributed by atoms with Crippen molar-refractivity contribution in [3.8, 4) is 11.1 Å². The Balaban J connectivity index is 1.57. The summed E-state index contributed by atoms with van der Waals surface area (Å²) in [5, 5.41) is 3.76. The van der Waals surface area contributed by atoms with Crippen LogP contribution in [0, 0.1) is 0 Å². The van der Waals surface area contributed by atoms with Crippen molar-refractivity contribution in [2.24, 2.45) is 0 Å². The third-order valence-corrected chi connectivity index (χ3v) is 5.86. The molecule has 1 amide bonds. The number of fused-ring (bicyclic) bond motifs is 2. The van der Waals surface area contributed by atoms with Crippen LogP contribution >= 0.6 is 0 Å². The molecule has 0 spiro atoms. The van der Waals surface area contributed by atoms with Crippen LogP contribution in [-0.2, 0) is 0 Å². The molecule has 0 unspecified atom stereocenters. The van der Waals surface area contributed by atoms with E-state index in [1.54, 1.807) is 6.20 Å². The van der Waals surface area contributed by atoms with Crippen molar-refractivity contribution < 1.29 is 4.79 Å². The number of carbonyl (C=O) groups is 1. The van der Waals surface area contributed by atoms with Gasteiger partial charge in [0.1, 0.15) is 0 Å². The molecule has 144 valence electrons. The SMILES string of the molecule is O=C(c1ccc2c(-c3ccc4c(=O)[nH]ccc4c3)cccc2c1)N1CCCCC1. The van der Waals surface area contributed by atoms with Gasteiger partial charge in [0, 0.05) is 30.2 Å². The Kier molecular flexibility index (Phi) is 4.39. The Hall–Kier alpha value is -3.40. The van der Waals surface area contributed by atoms with Crippen LogP contribution in [0.15, 0.2) is 71.7 Å². The van der Waals surface area contributed by atoms with Crippen LogP contribution in [0.1, 0.15) is 29.6 Å². The number of hydrogen-bond donors (Lipinski definition) is 1. The number of aromatic nitrogens is 1. The molecular formula is C25H22N2O2. The first kappa shape index (κ1) is 17.7. The Bertz CT molecular complexity index is 1280. The van der Waals surface area contributed by atoms with Crippen molar-refractivity contribution in [3.05, 3.63) is 82.8 Å². The molecule has 4 heteroatoms. The number of nitrogens with one attached hydrogen (secondary N) is 1. The summed E-state index contributed by atoms with van der Waals surface area (Å²) >= 11 is 0. The molecule has 0 bridgehead atoms. The molecule has 0 aliphatic carbocycles. The predicted molar refractivity (Wildman–Crippen MR) is 117 cm³/mol. The van der Waals surface area contributed by atoms with Gasteiger partial charge in [0.25, 0.3) is 11.5 Å².